The van der Waals surface area contributed by atoms with Gasteiger partial charge in [0.15, 0.2) is 5.78 Å². The largest absolute Gasteiger partial charge is 0.294 e. The molecule has 0 amide bonds. The summed E-state index contributed by atoms with van der Waals surface area (Å²) in [7, 11) is 0. The van der Waals surface area contributed by atoms with E-state index in [4.69, 9.17) is 0 Å². The zero-order valence-corrected chi connectivity index (χ0v) is 13.5. The van der Waals surface area contributed by atoms with Gasteiger partial charge in [0.25, 0.3) is 0 Å². The van der Waals surface area contributed by atoms with Crippen molar-refractivity contribution < 1.29 is 4.79 Å². The second-order valence-corrected chi connectivity index (χ2v) is 5.97. The quantitative estimate of drug-likeness (QED) is 0.377. The number of hydrogen-bond donors (Lipinski definition) is 0. The highest BCUT2D eigenvalue weighted by atomic mass is 16.1. The number of Topliss-reactive ketones (excluding diaryl/α,β-unsaturated/α-hetero) is 1. The first-order valence-electron chi connectivity index (χ1n) is 8.25. The van der Waals surface area contributed by atoms with E-state index < -0.39 is 0 Å². The van der Waals surface area contributed by atoms with Gasteiger partial charge in [0.05, 0.1) is 0 Å². The summed E-state index contributed by atoms with van der Waals surface area (Å²) in [5.41, 5.74) is 3.21. The number of carbonyl (C=O) groups excluding carboxylic acids is 1. The highest BCUT2D eigenvalue weighted by Gasteiger charge is 2.08. The number of ketones is 1. The van der Waals surface area contributed by atoms with E-state index in [1.165, 1.54) is 50.5 Å². The molecule has 0 aliphatic heterocycles. The Labute approximate surface area is 124 Å². The molecule has 0 aromatic heterocycles. The van der Waals surface area contributed by atoms with Gasteiger partial charge in [-0.1, -0.05) is 69.6 Å². The van der Waals surface area contributed by atoms with Crippen molar-refractivity contribution in [2.24, 2.45) is 0 Å². The van der Waals surface area contributed by atoms with E-state index in [2.05, 4.69) is 19.1 Å². The molecule has 0 aliphatic carbocycles. The molecule has 20 heavy (non-hydrogen) atoms. The van der Waals surface area contributed by atoms with Crippen molar-refractivity contribution in [3.05, 3.63) is 34.9 Å². The van der Waals surface area contributed by atoms with Gasteiger partial charge in [-0.3, -0.25) is 4.79 Å². The first-order chi connectivity index (χ1) is 9.65. The molecule has 1 rings (SSSR count). The number of benzene rings is 1. The number of aryl methyl sites for hydroxylation is 2. The SMILES string of the molecule is CCCCCCCCCCC(=O)c1cc(C)ccc1C. The van der Waals surface area contributed by atoms with Crippen molar-refractivity contribution in [3.8, 4) is 0 Å². The molecule has 0 radical (unpaired) electrons. The van der Waals surface area contributed by atoms with Crippen LogP contribution in [0.2, 0.25) is 0 Å². The number of carbonyl (C=O) groups is 1. The van der Waals surface area contributed by atoms with Crippen molar-refractivity contribution in [2.75, 3.05) is 0 Å². The molecular weight excluding hydrogens is 244 g/mol. The number of rotatable bonds is 10. The molecule has 112 valence electrons. The summed E-state index contributed by atoms with van der Waals surface area (Å²) >= 11 is 0. The molecule has 1 nitrogen and oxygen atoms in total. The van der Waals surface area contributed by atoms with Crippen LogP contribution in [0.25, 0.3) is 0 Å². The van der Waals surface area contributed by atoms with E-state index in [0.29, 0.717) is 12.2 Å². The maximum Gasteiger partial charge on any atom is 0.163 e. The predicted molar refractivity (Wildman–Crippen MR) is 87.5 cm³/mol. The van der Waals surface area contributed by atoms with Gasteiger partial charge in [0, 0.05) is 12.0 Å². The van der Waals surface area contributed by atoms with Crippen molar-refractivity contribution in [2.45, 2.75) is 78.6 Å². The molecule has 0 heterocycles. The first-order valence-corrected chi connectivity index (χ1v) is 8.25. The van der Waals surface area contributed by atoms with E-state index in [1.54, 1.807) is 0 Å². The molecule has 0 N–H and O–H groups in total. The second-order valence-electron chi connectivity index (χ2n) is 5.97. The van der Waals surface area contributed by atoms with Crippen LogP contribution in [0.15, 0.2) is 18.2 Å². The molecular formula is C19H30O. The Morgan fingerprint density at radius 3 is 2.15 bits per heavy atom. The Morgan fingerprint density at radius 1 is 0.900 bits per heavy atom. The van der Waals surface area contributed by atoms with Gasteiger partial charge < -0.3 is 0 Å². The predicted octanol–water partition coefficient (Wildman–Crippen LogP) is 6.02. The van der Waals surface area contributed by atoms with Gasteiger partial charge in [-0.15, -0.1) is 0 Å². The lowest BCUT2D eigenvalue weighted by atomic mass is 9.98. The van der Waals surface area contributed by atoms with Crippen molar-refractivity contribution in [1.82, 2.24) is 0 Å². The molecule has 0 spiro atoms. The van der Waals surface area contributed by atoms with Crippen LogP contribution in [0.4, 0.5) is 0 Å². The van der Waals surface area contributed by atoms with Crippen LogP contribution in [0.1, 0.15) is 86.2 Å². The van der Waals surface area contributed by atoms with Crippen molar-refractivity contribution in [3.63, 3.8) is 0 Å². The van der Waals surface area contributed by atoms with E-state index in [0.717, 1.165) is 17.5 Å². The molecule has 0 aliphatic rings. The van der Waals surface area contributed by atoms with Crippen LogP contribution in [0, 0.1) is 13.8 Å². The fourth-order valence-electron chi connectivity index (χ4n) is 2.59. The Hall–Kier alpha value is -1.11. The molecule has 1 aromatic rings. The molecule has 0 fully saturated rings. The van der Waals surface area contributed by atoms with Crippen LogP contribution in [0.5, 0.6) is 0 Å². The Morgan fingerprint density at radius 2 is 1.50 bits per heavy atom. The highest BCUT2D eigenvalue weighted by molar-refractivity contribution is 5.97. The van der Waals surface area contributed by atoms with Gasteiger partial charge in [0.2, 0.25) is 0 Å². The lowest BCUT2D eigenvalue weighted by Crippen LogP contribution is -2.02. The van der Waals surface area contributed by atoms with E-state index in [1.807, 2.05) is 19.9 Å². The smallest absolute Gasteiger partial charge is 0.163 e. The summed E-state index contributed by atoms with van der Waals surface area (Å²) in [6, 6.07) is 6.15. The van der Waals surface area contributed by atoms with E-state index in [-0.39, 0.29) is 0 Å². The third-order valence-electron chi connectivity index (χ3n) is 3.95. The fraction of sp³-hybridized carbons (Fsp3) is 0.632. The standard InChI is InChI=1S/C19H30O/c1-4-5-6-7-8-9-10-11-12-19(20)18-15-16(2)13-14-17(18)3/h13-15H,4-12H2,1-3H3. The monoisotopic (exact) mass is 274 g/mol. The average Bonchev–Trinajstić information content (AvgIpc) is 2.44. The van der Waals surface area contributed by atoms with E-state index >= 15 is 0 Å². The van der Waals surface area contributed by atoms with Crippen LogP contribution in [-0.2, 0) is 0 Å². The molecule has 1 heteroatoms. The van der Waals surface area contributed by atoms with Gasteiger partial charge >= 0.3 is 0 Å². The van der Waals surface area contributed by atoms with Crippen LogP contribution in [0.3, 0.4) is 0 Å². The van der Waals surface area contributed by atoms with E-state index in [9.17, 15) is 4.79 Å². The van der Waals surface area contributed by atoms with Gasteiger partial charge in [-0.05, 0) is 31.9 Å². The average molecular weight is 274 g/mol. The summed E-state index contributed by atoms with van der Waals surface area (Å²) in [4.78, 5) is 12.2. The minimum absolute atomic E-state index is 0.317. The summed E-state index contributed by atoms with van der Waals surface area (Å²) in [6.45, 7) is 6.33. The molecule has 0 bridgehead atoms. The summed E-state index contributed by atoms with van der Waals surface area (Å²) < 4.78 is 0. The number of hydrogen-bond acceptors (Lipinski definition) is 1. The zero-order chi connectivity index (χ0) is 14.8. The summed E-state index contributed by atoms with van der Waals surface area (Å²) in [5, 5.41) is 0. The minimum atomic E-state index is 0.317. The summed E-state index contributed by atoms with van der Waals surface area (Å²) in [6.07, 6.45) is 11.0. The molecule has 0 atom stereocenters. The second kappa shape index (κ2) is 9.74. The normalized spacial score (nSPS) is 10.8. The van der Waals surface area contributed by atoms with Gasteiger partial charge in [-0.2, -0.15) is 0 Å². The first kappa shape index (κ1) is 16.9. The number of unbranched alkanes of at least 4 members (excludes halogenated alkanes) is 7. The highest BCUT2D eigenvalue weighted by Crippen LogP contribution is 2.16. The van der Waals surface area contributed by atoms with Crippen molar-refractivity contribution >= 4 is 5.78 Å². The van der Waals surface area contributed by atoms with Gasteiger partial charge in [0.1, 0.15) is 0 Å². The summed E-state index contributed by atoms with van der Waals surface area (Å²) in [5.74, 6) is 0.317. The molecule has 0 unspecified atom stereocenters. The third kappa shape index (κ3) is 6.36. The van der Waals surface area contributed by atoms with Gasteiger partial charge in [-0.25, -0.2) is 0 Å². The Kier molecular flexibility index (Phi) is 8.25. The minimum Gasteiger partial charge on any atom is -0.294 e. The third-order valence-corrected chi connectivity index (χ3v) is 3.95. The Bertz CT molecular complexity index is 406. The molecule has 1 aromatic carbocycles. The lowest BCUT2D eigenvalue weighted by molar-refractivity contribution is 0.0978. The van der Waals surface area contributed by atoms with Crippen molar-refractivity contribution in [1.29, 1.82) is 0 Å². The van der Waals surface area contributed by atoms with Crippen LogP contribution >= 0.6 is 0 Å². The fourth-order valence-corrected chi connectivity index (χ4v) is 2.59. The topological polar surface area (TPSA) is 17.1 Å². The maximum absolute atomic E-state index is 12.2. The molecule has 0 saturated carbocycles. The lowest BCUT2D eigenvalue weighted by Gasteiger charge is -2.06. The Balaban J connectivity index is 2.18. The maximum atomic E-state index is 12.2. The zero-order valence-electron chi connectivity index (χ0n) is 13.5. The van der Waals surface area contributed by atoms with Crippen LogP contribution < -0.4 is 0 Å². The molecule has 0 saturated heterocycles. The van der Waals surface area contributed by atoms with Crippen LogP contribution in [-0.4, -0.2) is 5.78 Å².